The molecule has 0 aromatic rings. The Kier molecular flexibility index (Phi) is 2.66. The lowest BCUT2D eigenvalue weighted by Gasteiger charge is -2.46. The predicted octanol–water partition coefficient (Wildman–Crippen LogP) is 2.82. The Hall–Kier alpha value is -0.220. The molecule has 1 fully saturated rings. The zero-order valence-electron chi connectivity index (χ0n) is 9.36. The lowest BCUT2D eigenvalue weighted by atomic mass is 9.84. The first-order valence-corrected chi connectivity index (χ1v) is 4.74. The molecule has 1 unspecified atom stereocenters. The molecule has 0 amide bonds. The highest BCUT2D eigenvalue weighted by molar-refractivity contribution is 4.91. The van der Waals surface area contributed by atoms with Crippen LogP contribution >= 0.6 is 0 Å². The molecule has 2 nitrogen and oxygen atoms in total. The second kappa shape index (κ2) is 3.14. The molecule has 84 valence electrons. The molecule has 0 bridgehead atoms. The molecule has 1 aliphatic rings. The van der Waals surface area contributed by atoms with E-state index in [4.69, 9.17) is 9.47 Å². The molecule has 4 heteroatoms. The number of hydrogen-bond acceptors (Lipinski definition) is 2. The van der Waals surface area contributed by atoms with Crippen molar-refractivity contribution in [3.63, 3.8) is 0 Å². The van der Waals surface area contributed by atoms with E-state index < -0.39 is 29.8 Å². The van der Waals surface area contributed by atoms with Crippen molar-refractivity contribution in [2.45, 2.75) is 52.4 Å². The summed E-state index contributed by atoms with van der Waals surface area (Å²) in [5.74, 6) is -3.83. The fourth-order valence-corrected chi connectivity index (χ4v) is 1.56. The Morgan fingerprint density at radius 1 is 1.21 bits per heavy atom. The quantitative estimate of drug-likeness (QED) is 0.609. The maximum atomic E-state index is 13.5. The zero-order valence-corrected chi connectivity index (χ0v) is 9.36. The van der Waals surface area contributed by atoms with E-state index in [0.29, 0.717) is 0 Å². The summed E-state index contributed by atoms with van der Waals surface area (Å²) in [7, 11) is 0. The van der Waals surface area contributed by atoms with E-state index in [2.05, 4.69) is 0 Å². The van der Waals surface area contributed by atoms with Crippen LogP contribution in [0.25, 0.3) is 0 Å². The molecule has 1 aliphatic heterocycles. The molecular formula is C10H18F2O2. The first kappa shape index (κ1) is 11.9. The first-order chi connectivity index (χ1) is 6.05. The highest BCUT2D eigenvalue weighted by Crippen LogP contribution is 2.41. The summed E-state index contributed by atoms with van der Waals surface area (Å²) in [6.45, 7) is 7.97. The number of halogens is 2. The van der Waals surface area contributed by atoms with Gasteiger partial charge in [-0.3, -0.25) is 0 Å². The normalized spacial score (nSPS) is 31.5. The smallest absolute Gasteiger partial charge is 0.297 e. The van der Waals surface area contributed by atoms with Crippen molar-refractivity contribution >= 4 is 0 Å². The third kappa shape index (κ3) is 2.42. The standard InChI is InChI=1S/C10H18F2O2/c1-8(2,3)7-10(11,12)6-13-9(4,5)14-7/h7H,6H2,1-5H3. The van der Waals surface area contributed by atoms with Crippen LogP contribution in [-0.4, -0.2) is 24.4 Å². The van der Waals surface area contributed by atoms with E-state index in [1.54, 1.807) is 34.6 Å². The Labute approximate surface area is 83.6 Å². The maximum Gasteiger partial charge on any atom is 0.297 e. The van der Waals surface area contributed by atoms with Crippen LogP contribution in [0, 0.1) is 5.41 Å². The summed E-state index contributed by atoms with van der Waals surface area (Å²) in [4.78, 5) is 0. The number of ether oxygens (including phenoxy) is 2. The zero-order chi connectivity index (χ0) is 11.2. The molecule has 1 rings (SSSR count). The van der Waals surface area contributed by atoms with E-state index in [1.165, 1.54) is 0 Å². The van der Waals surface area contributed by atoms with Gasteiger partial charge in [0.1, 0.15) is 12.7 Å². The molecule has 0 aromatic heterocycles. The third-order valence-corrected chi connectivity index (χ3v) is 2.18. The minimum absolute atomic E-state index is 0.568. The lowest BCUT2D eigenvalue weighted by molar-refractivity contribution is -0.363. The molecule has 0 aromatic carbocycles. The highest BCUT2D eigenvalue weighted by Gasteiger charge is 2.54. The van der Waals surface area contributed by atoms with E-state index in [9.17, 15) is 8.78 Å². The third-order valence-electron chi connectivity index (χ3n) is 2.18. The van der Waals surface area contributed by atoms with Crippen molar-refractivity contribution in [1.82, 2.24) is 0 Å². The summed E-state index contributed by atoms with van der Waals surface area (Å²) in [6.07, 6.45) is -1.10. The highest BCUT2D eigenvalue weighted by atomic mass is 19.3. The fraction of sp³-hybridized carbons (Fsp3) is 1.00. The Bertz CT molecular complexity index is 219. The number of rotatable bonds is 0. The van der Waals surface area contributed by atoms with Gasteiger partial charge in [0.15, 0.2) is 5.79 Å². The Balaban J connectivity index is 2.88. The van der Waals surface area contributed by atoms with Gasteiger partial charge in [-0.1, -0.05) is 20.8 Å². The Morgan fingerprint density at radius 2 is 1.71 bits per heavy atom. The SMILES string of the molecule is CC1(C)OCC(F)(F)C(C(C)(C)C)O1. The molecule has 0 saturated carbocycles. The van der Waals surface area contributed by atoms with E-state index in [1.807, 2.05) is 0 Å². The van der Waals surface area contributed by atoms with Crippen LogP contribution in [0.2, 0.25) is 0 Å². The van der Waals surface area contributed by atoms with Gasteiger partial charge in [0, 0.05) is 0 Å². The summed E-state index contributed by atoms with van der Waals surface area (Å²) >= 11 is 0. The van der Waals surface area contributed by atoms with Gasteiger partial charge in [0.25, 0.3) is 5.92 Å². The van der Waals surface area contributed by atoms with Crippen molar-refractivity contribution < 1.29 is 18.3 Å². The molecule has 0 N–H and O–H groups in total. The molecule has 0 radical (unpaired) electrons. The van der Waals surface area contributed by atoms with Crippen LogP contribution in [0.5, 0.6) is 0 Å². The summed E-state index contributed by atoms with van der Waals surface area (Å²) in [5, 5.41) is 0. The van der Waals surface area contributed by atoms with Crippen LogP contribution in [0.1, 0.15) is 34.6 Å². The van der Waals surface area contributed by atoms with Crippen molar-refractivity contribution in [3.8, 4) is 0 Å². The average Bonchev–Trinajstić information content (AvgIpc) is 1.93. The molecule has 14 heavy (non-hydrogen) atoms. The van der Waals surface area contributed by atoms with Crippen LogP contribution in [0.4, 0.5) is 8.78 Å². The molecule has 1 atom stereocenters. The predicted molar refractivity (Wildman–Crippen MR) is 49.3 cm³/mol. The van der Waals surface area contributed by atoms with Gasteiger partial charge in [-0.2, -0.15) is 0 Å². The fourth-order valence-electron chi connectivity index (χ4n) is 1.56. The maximum absolute atomic E-state index is 13.5. The van der Waals surface area contributed by atoms with E-state index >= 15 is 0 Å². The van der Waals surface area contributed by atoms with Gasteiger partial charge in [0.05, 0.1) is 0 Å². The number of alkyl halides is 2. The monoisotopic (exact) mass is 208 g/mol. The molecule has 0 aliphatic carbocycles. The van der Waals surface area contributed by atoms with Crippen molar-refractivity contribution in [1.29, 1.82) is 0 Å². The lowest BCUT2D eigenvalue weighted by Crippen LogP contribution is -2.57. The first-order valence-electron chi connectivity index (χ1n) is 4.74. The summed E-state index contributed by atoms with van der Waals surface area (Å²) in [5.41, 5.74) is -0.593. The van der Waals surface area contributed by atoms with Gasteiger partial charge in [-0.25, -0.2) is 8.78 Å². The molecule has 1 saturated heterocycles. The Morgan fingerprint density at radius 3 is 2.07 bits per heavy atom. The van der Waals surface area contributed by atoms with Gasteiger partial charge in [-0.15, -0.1) is 0 Å². The van der Waals surface area contributed by atoms with Crippen LogP contribution < -0.4 is 0 Å². The van der Waals surface area contributed by atoms with Gasteiger partial charge >= 0.3 is 0 Å². The summed E-state index contributed by atoms with van der Waals surface area (Å²) < 4.78 is 37.1. The minimum atomic E-state index is -2.91. The van der Waals surface area contributed by atoms with E-state index in [0.717, 1.165) is 0 Å². The second-order valence-corrected chi connectivity index (χ2v) is 5.31. The molecule has 1 heterocycles. The van der Waals surface area contributed by atoms with Crippen molar-refractivity contribution in [2.24, 2.45) is 5.41 Å². The molecular weight excluding hydrogens is 190 g/mol. The summed E-state index contributed by atoms with van der Waals surface area (Å²) in [6, 6.07) is 0. The topological polar surface area (TPSA) is 18.5 Å². The van der Waals surface area contributed by atoms with Crippen molar-refractivity contribution in [2.75, 3.05) is 6.61 Å². The molecule has 0 spiro atoms. The second-order valence-electron chi connectivity index (χ2n) is 5.31. The van der Waals surface area contributed by atoms with Gasteiger partial charge in [0.2, 0.25) is 0 Å². The van der Waals surface area contributed by atoms with Gasteiger partial charge < -0.3 is 9.47 Å². The van der Waals surface area contributed by atoms with Crippen LogP contribution in [0.3, 0.4) is 0 Å². The largest absolute Gasteiger partial charge is 0.344 e. The van der Waals surface area contributed by atoms with E-state index in [-0.39, 0.29) is 0 Å². The average molecular weight is 208 g/mol. The minimum Gasteiger partial charge on any atom is -0.344 e. The van der Waals surface area contributed by atoms with Crippen LogP contribution in [0.15, 0.2) is 0 Å². The van der Waals surface area contributed by atoms with Gasteiger partial charge in [-0.05, 0) is 19.3 Å². The van der Waals surface area contributed by atoms with Crippen LogP contribution in [-0.2, 0) is 9.47 Å². The van der Waals surface area contributed by atoms with Crippen molar-refractivity contribution in [3.05, 3.63) is 0 Å². The number of hydrogen-bond donors (Lipinski definition) is 0.